The van der Waals surface area contributed by atoms with E-state index in [9.17, 15) is 14.0 Å². The van der Waals surface area contributed by atoms with Crippen molar-refractivity contribution in [3.05, 3.63) is 59.9 Å². The molecule has 3 rings (SSSR count). The summed E-state index contributed by atoms with van der Waals surface area (Å²) in [5.74, 6) is -0.638. The minimum atomic E-state index is -0.689. The Morgan fingerprint density at radius 2 is 1.85 bits per heavy atom. The van der Waals surface area contributed by atoms with Crippen molar-refractivity contribution in [1.82, 2.24) is 4.90 Å². The molecule has 0 aliphatic carbocycles. The monoisotopic (exact) mass is 356 g/mol. The number of piperazine rings is 1. The molecule has 1 atom stereocenters. The van der Waals surface area contributed by atoms with Crippen LogP contribution in [0.25, 0.3) is 0 Å². The van der Waals surface area contributed by atoms with Crippen LogP contribution in [0.1, 0.15) is 24.2 Å². The van der Waals surface area contributed by atoms with E-state index < -0.39 is 17.8 Å². The van der Waals surface area contributed by atoms with Crippen LogP contribution in [-0.4, -0.2) is 42.5 Å². The second kappa shape index (κ2) is 7.56. The third-order valence-corrected chi connectivity index (χ3v) is 4.48. The Bertz CT molecular complexity index is 824. The zero-order chi connectivity index (χ0) is 18.7. The molecular weight excluding hydrogens is 335 g/mol. The minimum absolute atomic E-state index is 0.0182. The van der Waals surface area contributed by atoms with Crippen molar-refractivity contribution in [2.45, 2.75) is 19.9 Å². The van der Waals surface area contributed by atoms with Crippen LogP contribution < -0.4 is 9.64 Å². The number of carbonyl (C=O) groups excluding carboxylic acids is 2. The average molecular weight is 356 g/mol. The lowest BCUT2D eigenvalue weighted by molar-refractivity contribution is -0.124. The van der Waals surface area contributed by atoms with Crippen molar-refractivity contribution in [3.63, 3.8) is 0 Å². The molecule has 2 amide bonds. The predicted octanol–water partition coefficient (Wildman–Crippen LogP) is 3.10. The Hall–Kier alpha value is -2.89. The molecule has 0 bridgehead atoms. The molecular formula is C20H21FN2O3. The molecule has 1 aliphatic rings. The van der Waals surface area contributed by atoms with Gasteiger partial charge in [0.25, 0.3) is 5.91 Å². The Labute approximate surface area is 152 Å². The standard InChI is InChI=1S/C20H21FN2O3/c1-3-26-18-11-7-6-10-17(18)23-13-12-22(14(2)19(23)24)20(25)15-8-4-5-9-16(15)21/h4-11,14H,3,12-13H2,1-2H3/t14-/m1/s1. The van der Waals surface area contributed by atoms with Gasteiger partial charge in [-0.25, -0.2) is 4.39 Å². The van der Waals surface area contributed by atoms with Gasteiger partial charge in [-0.1, -0.05) is 24.3 Å². The molecule has 5 nitrogen and oxygen atoms in total. The van der Waals surface area contributed by atoms with E-state index in [1.807, 2.05) is 31.2 Å². The summed E-state index contributed by atoms with van der Waals surface area (Å²) < 4.78 is 19.5. The highest BCUT2D eigenvalue weighted by Gasteiger charge is 2.36. The van der Waals surface area contributed by atoms with Gasteiger partial charge in [-0.3, -0.25) is 9.59 Å². The molecule has 2 aromatic rings. The molecule has 2 aromatic carbocycles. The van der Waals surface area contributed by atoms with E-state index in [4.69, 9.17) is 4.74 Å². The number of anilines is 1. The van der Waals surface area contributed by atoms with E-state index >= 15 is 0 Å². The summed E-state index contributed by atoms with van der Waals surface area (Å²) in [4.78, 5) is 28.6. The van der Waals surface area contributed by atoms with E-state index in [-0.39, 0.29) is 11.5 Å². The van der Waals surface area contributed by atoms with Crippen LogP contribution in [0.5, 0.6) is 5.75 Å². The fraction of sp³-hybridized carbons (Fsp3) is 0.300. The predicted molar refractivity (Wildman–Crippen MR) is 96.9 cm³/mol. The van der Waals surface area contributed by atoms with Gasteiger partial charge in [0.1, 0.15) is 17.6 Å². The Kier molecular flexibility index (Phi) is 5.21. The number of hydrogen-bond donors (Lipinski definition) is 0. The largest absolute Gasteiger partial charge is 0.492 e. The number of para-hydroxylation sites is 2. The zero-order valence-electron chi connectivity index (χ0n) is 14.8. The summed E-state index contributed by atoms with van der Waals surface area (Å²) in [6, 6.07) is 12.5. The molecule has 0 spiro atoms. The maximum absolute atomic E-state index is 13.9. The lowest BCUT2D eigenvalue weighted by Gasteiger charge is -2.39. The fourth-order valence-electron chi connectivity index (χ4n) is 3.13. The van der Waals surface area contributed by atoms with Crippen molar-refractivity contribution in [1.29, 1.82) is 0 Å². The first kappa shape index (κ1) is 17.9. The van der Waals surface area contributed by atoms with E-state index in [0.29, 0.717) is 31.1 Å². The number of amides is 2. The molecule has 0 unspecified atom stereocenters. The van der Waals surface area contributed by atoms with E-state index in [2.05, 4.69) is 0 Å². The molecule has 1 heterocycles. The van der Waals surface area contributed by atoms with Gasteiger partial charge >= 0.3 is 0 Å². The summed E-state index contributed by atoms with van der Waals surface area (Å²) in [6.07, 6.45) is 0. The molecule has 0 radical (unpaired) electrons. The summed E-state index contributed by atoms with van der Waals surface area (Å²) in [7, 11) is 0. The van der Waals surface area contributed by atoms with Crippen LogP contribution in [0.4, 0.5) is 10.1 Å². The normalized spacial score (nSPS) is 17.3. The van der Waals surface area contributed by atoms with Crippen LogP contribution in [0, 0.1) is 5.82 Å². The van der Waals surface area contributed by atoms with E-state index in [1.54, 1.807) is 17.9 Å². The van der Waals surface area contributed by atoms with Gasteiger partial charge in [0.15, 0.2) is 0 Å². The van der Waals surface area contributed by atoms with Crippen LogP contribution in [0.2, 0.25) is 0 Å². The van der Waals surface area contributed by atoms with E-state index in [0.717, 1.165) is 0 Å². The molecule has 6 heteroatoms. The van der Waals surface area contributed by atoms with Crippen LogP contribution in [-0.2, 0) is 4.79 Å². The molecule has 0 saturated carbocycles. The highest BCUT2D eigenvalue weighted by Crippen LogP contribution is 2.31. The molecule has 1 aliphatic heterocycles. The average Bonchev–Trinajstić information content (AvgIpc) is 2.65. The first-order valence-corrected chi connectivity index (χ1v) is 8.63. The Morgan fingerprint density at radius 3 is 2.58 bits per heavy atom. The quantitative estimate of drug-likeness (QED) is 0.846. The Balaban J connectivity index is 1.84. The third kappa shape index (κ3) is 3.27. The number of rotatable bonds is 4. The van der Waals surface area contributed by atoms with Crippen molar-refractivity contribution in [3.8, 4) is 5.75 Å². The Morgan fingerprint density at radius 1 is 1.15 bits per heavy atom. The van der Waals surface area contributed by atoms with Gasteiger partial charge in [0.2, 0.25) is 5.91 Å². The van der Waals surface area contributed by atoms with Crippen molar-refractivity contribution >= 4 is 17.5 Å². The van der Waals surface area contributed by atoms with Gasteiger partial charge in [0.05, 0.1) is 17.9 Å². The van der Waals surface area contributed by atoms with Crippen molar-refractivity contribution < 1.29 is 18.7 Å². The van der Waals surface area contributed by atoms with Gasteiger partial charge in [-0.2, -0.15) is 0 Å². The summed E-state index contributed by atoms with van der Waals surface area (Å²) in [5, 5.41) is 0. The zero-order valence-corrected chi connectivity index (χ0v) is 14.8. The molecule has 136 valence electrons. The van der Waals surface area contributed by atoms with Crippen LogP contribution in [0.15, 0.2) is 48.5 Å². The first-order valence-electron chi connectivity index (χ1n) is 8.63. The number of ether oxygens (including phenoxy) is 1. The maximum atomic E-state index is 13.9. The highest BCUT2D eigenvalue weighted by atomic mass is 19.1. The minimum Gasteiger partial charge on any atom is -0.492 e. The van der Waals surface area contributed by atoms with E-state index in [1.165, 1.54) is 23.1 Å². The van der Waals surface area contributed by atoms with Gasteiger partial charge in [-0.15, -0.1) is 0 Å². The topological polar surface area (TPSA) is 49.9 Å². The number of benzene rings is 2. The number of nitrogens with zero attached hydrogens (tertiary/aromatic N) is 2. The molecule has 0 N–H and O–H groups in total. The first-order chi connectivity index (χ1) is 12.5. The van der Waals surface area contributed by atoms with Crippen LogP contribution >= 0.6 is 0 Å². The third-order valence-electron chi connectivity index (χ3n) is 4.48. The SMILES string of the molecule is CCOc1ccccc1N1CCN(C(=O)c2ccccc2F)[C@H](C)C1=O. The van der Waals surface area contributed by atoms with Crippen LogP contribution in [0.3, 0.4) is 0 Å². The lowest BCUT2D eigenvalue weighted by Crippen LogP contribution is -2.58. The van der Waals surface area contributed by atoms with Crippen molar-refractivity contribution in [2.75, 3.05) is 24.6 Å². The number of carbonyl (C=O) groups is 2. The maximum Gasteiger partial charge on any atom is 0.257 e. The summed E-state index contributed by atoms with van der Waals surface area (Å²) in [6.45, 7) is 4.68. The smallest absolute Gasteiger partial charge is 0.257 e. The van der Waals surface area contributed by atoms with Crippen molar-refractivity contribution in [2.24, 2.45) is 0 Å². The number of hydrogen-bond acceptors (Lipinski definition) is 3. The molecule has 1 saturated heterocycles. The molecule has 1 fully saturated rings. The fourth-order valence-corrected chi connectivity index (χ4v) is 3.13. The second-order valence-corrected chi connectivity index (χ2v) is 6.04. The molecule has 26 heavy (non-hydrogen) atoms. The van der Waals surface area contributed by atoms with Gasteiger partial charge in [-0.05, 0) is 38.1 Å². The second-order valence-electron chi connectivity index (χ2n) is 6.04. The summed E-state index contributed by atoms with van der Waals surface area (Å²) in [5.41, 5.74) is 0.666. The number of halogens is 1. The van der Waals surface area contributed by atoms with Gasteiger partial charge in [0, 0.05) is 13.1 Å². The van der Waals surface area contributed by atoms with Gasteiger partial charge < -0.3 is 14.5 Å². The summed E-state index contributed by atoms with van der Waals surface area (Å²) >= 11 is 0. The molecule has 0 aromatic heterocycles. The highest BCUT2D eigenvalue weighted by molar-refractivity contribution is 6.04. The lowest BCUT2D eigenvalue weighted by atomic mass is 10.1.